The number of aromatic nitrogens is 2. The van der Waals surface area contributed by atoms with Gasteiger partial charge in [0.15, 0.2) is 0 Å². The fourth-order valence-corrected chi connectivity index (χ4v) is 4.52. The molecule has 0 bridgehead atoms. The summed E-state index contributed by atoms with van der Waals surface area (Å²) >= 11 is 0. The van der Waals surface area contributed by atoms with Crippen LogP contribution < -0.4 is 0 Å². The fourth-order valence-electron chi connectivity index (χ4n) is 4.52. The summed E-state index contributed by atoms with van der Waals surface area (Å²) in [5.74, 6) is -0.147. The van der Waals surface area contributed by atoms with Gasteiger partial charge in [-0.1, -0.05) is 12.1 Å². The van der Waals surface area contributed by atoms with Crippen LogP contribution in [0.2, 0.25) is 0 Å². The van der Waals surface area contributed by atoms with E-state index >= 15 is 0 Å². The molecule has 8 heteroatoms. The standard InChI is InChI=1S/C23H28FN3O4/c24-20-10-16(17-11-25-27(12-17)23-5-1-2-9-29-23)6-7-19(20)21-15-30-18(14-31-21)13-26-8-3-4-22(26)28/h6-7,10-12,18,21,23H,1-5,8-9,13-15H2. The monoisotopic (exact) mass is 429 g/mol. The summed E-state index contributed by atoms with van der Waals surface area (Å²) < 4.78 is 34.3. The second kappa shape index (κ2) is 9.06. The Hall–Kier alpha value is -2.29. The molecule has 7 nitrogen and oxygen atoms in total. The van der Waals surface area contributed by atoms with E-state index in [1.54, 1.807) is 12.3 Å². The molecular weight excluding hydrogens is 401 g/mol. The molecule has 0 saturated carbocycles. The van der Waals surface area contributed by atoms with Crippen LogP contribution in [-0.4, -0.2) is 59.6 Å². The van der Waals surface area contributed by atoms with Gasteiger partial charge in [0.05, 0.1) is 25.5 Å². The summed E-state index contributed by atoms with van der Waals surface area (Å²) in [6.07, 6.45) is 7.68. The van der Waals surface area contributed by atoms with E-state index in [4.69, 9.17) is 14.2 Å². The number of rotatable bonds is 5. The number of hydrogen-bond donors (Lipinski definition) is 0. The van der Waals surface area contributed by atoms with Crippen molar-refractivity contribution in [3.05, 3.63) is 42.0 Å². The molecule has 3 fully saturated rings. The van der Waals surface area contributed by atoms with E-state index in [0.29, 0.717) is 25.1 Å². The van der Waals surface area contributed by atoms with Crippen molar-refractivity contribution in [2.24, 2.45) is 0 Å². The van der Waals surface area contributed by atoms with Gasteiger partial charge in [0, 0.05) is 43.4 Å². The number of amides is 1. The van der Waals surface area contributed by atoms with Crippen LogP contribution >= 0.6 is 0 Å². The Balaban J connectivity index is 1.21. The number of halogens is 1. The molecule has 3 aliphatic heterocycles. The van der Waals surface area contributed by atoms with E-state index in [1.165, 1.54) is 6.07 Å². The summed E-state index contributed by atoms with van der Waals surface area (Å²) in [6.45, 7) is 2.70. The van der Waals surface area contributed by atoms with Gasteiger partial charge in [0.1, 0.15) is 18.1 Å². The van der Waals surface area contributed by atoms with Crippen molar-refractivity contribution in [2.75, 3.05) is 32.9 Å². The average molecular weight is 429 g/mol. The number of nitrogens with zero attached hydrogens (tertiary/aromatic N) is 3. The quantitative estimate of drug-likeness (QED) is 0.728. The maximum absolute atomic E-state index is 14.9. The third-order valence-electron chi connectivity index (χ3n) is 6.29. The average Bonchev–Trinajstić information content (AvgIpc) is 3.45. The Morgan fingerprint density at radius 1 is 1.10 bits per heavy atom. The molecule has 1 aromatic heterocycles. The molecule has 3 saturated heterocycles. The maximum atomic E-state index is 14.9. The maximum Gasteiger partial charge on any atom is 0.222 e. The molecule has 1 amide bonds. The zero-order chi connectivity index (χ0) is 21.2. The largest absolute Gasteiger partial charge is 0.371 e. The van der Waals surface area contributed by atoms with E-state index in [0.717, 1.165) is 50.0 Å². The van der Waals surface area contributed by atoms with Crippen LogP contribution in [0.5, 0.6) is 0 Å². The van der Waals surface area contributed by atoms with Gasteiger partial charge in [0.2, 0.25) is 5.91 Å². The van der Waals surface area contributed by atoms with Gasteiger partial charge in [0.25, 0.3) is 0 Å². The number of carbonyl (C=O) groups excluding carboxylic acids is 1. The van der Waals surface area contributed by atoms with Crippen LogP contribution in [0.1, 0.15) is 50.0 Å². The van der Waals surface area contributed by atoms with Crippen molar-refractivity contribution in [3.63, 3.8) is 0 Å². The first-order valence-electron chi connectivity index (χ1n) is 11.1. The van der Waals surface area contributed by atoms with Crippen molar-refractivity contribution < 1.29 is 23.4 Å². The Kier molecular flexibility index (Phi) is 6.02. The minimum absolute atomic E-state index is 0.0387. The van der Waals surface area contributed by atoms with Crippen LogP contribution in [0.15, 0.2) is 30.6 Å². The predicted octanol–water partition coefficient (Wildman–Crippen LogP) is 3.47. The minimum atomic E-state index is -0.446. The highest BCUT2D eigenvalue weighted by atomic mass is 19.1. The van der Waals surface area contributed by atoms with E-state index in [1.807, 2.05) is 21.8 Å². The third-order valence-corrected chi connectivity index (χ3v) is 6.29. The zero-order valence-electron chi connectivity index (χ0n) is 17.5. The van der Waals surface area contributed by atoms with Gasteiger partial charge < -0.3 is 19.1 Å². The van der Waals surface area contributed by atoms with E-state index in [2.05, 4.69) is 5.10 Å². The van der Waals surface area contributed by atoms with Crippen molar-refractivity contribution >= 4 is 5.91 Å². The lowest BCUT2D eigenvalue weighted by Crippen LogP contribution is -2.41. The van der Waals surface area contributed by atoms with Gasteiger partial charge >= 0.3 is 0 Å². The lowest BCUT2D eigenvalue weighted by molar-refractivity contribution is -0.149. The molecule has 1 aromatic carbocycles. The van der Waals surface area contributed by atoms with Gasteiger partial charge in [-0.3, -0.25) is 4.79 Å². The first-order chi connectivity index (χ1) is 15.2. The van der Waals surface area contributed by atoms with Crippen LogP contribution in [0.4, 0.5) is 4.39 Å². The zero-order valence-corrected chi connectivity index (χ0v) is 17.5. The van der Waals surface area contributed by atoms with Crippen molar-refractivity contribution in [1.82, 2.24) is 14.7 Å². The van der Waals surface area contributed by atoms with Gasteiger partial charge in [-0.25, -0.2) is 9.07 Å². The van der Waals surface area contributed by atoms with E-state index < -0.39 is 6.10 Å². The predicted molar refractivity (Wildman–Crippen MR) is 111 cm³/mol. The number of benzene rings is 1. The van der Waals surface area contributed by atoms with Gasteiger partial charge in [-0.2, -0.15) is 5.10 Å². The molecule has 4 heterocycles. The Morgan fingerprint density at radius 3 is 2.74 bits per heavy atom. The summed E-state index contributed by atoms with van der Waals surface area (Å²) in [5, 5.41) is 4.41. The molecule has 3 aliphatic rings. The first-order valence-corrected chi connectivity index (χ1v) is 11.1. The van der Waals surface area contributed by atoms with Crippen molar-refractivity contribution in [1.29, 1.82) is 0 Å². The molecular formula is C23H28FN3O4. The number of likely N-dealkylation sites (tertiary alicyclic amines) is 1. The number of hydrogen-bond acceptors (Lipinski definition) is 5. The SMILES string of the molecule is O=C1CCCN1CC1COC(c2ccc(-c3cnn(C4CCCCO4)c3)cc2F)CO1. The third kappa shape index (κ3) is 4.51. The Morgan fingerprint density at radius 2 is 2.03 bits per heavy atom. The highest BCUT2D eigenvalue weighted by Crippen LogP contribution is 2.30. The first kappa shape index (κ1) is 20.6. The molecule has 2 aromatic rings. The summed E-state index contributed by atoms with van der Waals surface area (Å²) in [6, 6.07) is 5.17. The molecule has 5 rings (SSSR count). The van der Waals surface area contributed by atoms with Crippen LogP contribution in [-0.2, 0) is 19.0 Å². The van der Waals surface area contributed by atoms with Gasteiger partial charge in [-0.15, -0.1) is 0 Å². The van der Waals surface area contributed by atoms with Crippen LogP contribution in [0.25, 0.3) is 11.1 Å². The lowest BCUT2D eigenvalue weighted by Gasteiger charge is -2.32. The molecule has 0 spiro atoms. The Bertz CT molecular complexity index is 919. The van der Waals surface area contributed by atoms with E-state index in [9.17, 15) is 9.18 Å². The summed E-state index contributed by atoms with van der Waals surface area (Å²) in [4.78, 5) is 13.6. The number of carbonyl (C=O) groups is 1. The van der Waals surface area contributed by atoms with Gasteiger partial charge in [-0.05, 0) is 37.3 Å². The normalized spacial score (nSPS) is 27.1. The molecule has 0 N–H and O–H groups in total. The fraction of sp³-hybridized carbons (Fsp3) is 0.565. The van der Waals surface area contributed by atoms with Crippen molar-refractivity contribution in [2.45, 2.75) is 50.5 Å². The Labute approximate surface area is 181 Å². The van der Waals surface area contributed by atoms with Crippen molar-refractivity contribution in [3.8, 4) is 11.1 Å². The highest BCUT2D eigenvalue weighted by Gasteiger charge is 2.30. The minimum Gasteiger partial charge on any atom is -0.371 e. The summed E-state index contributed by atoms with van der Waals surface area (Å²) in [7, 11) is 0. The topological polar surface area (TPSA) is 65.8 Å². The molecule has 31 heavy (non-hydrogen) atoms. The lowest BCUT2D eigenvalue weighted by atomic mass is 10.0. The second-order valence-electron chi connectivity index (χ2n) is 8.49. The number of ether oxygens (including phenoxy) is 3. The molecule has 166 valence electrons. The summed E-state index contributed by atoms with van der Waals surface area (Å²) in [5.41, 5.74) is 2.11. The molecule has 0 aliphatic carbocycles. The van der Waals surface area contributed by atoms with Crippen LogP contribution in [0, 0.1) is 5.82 Å². The smallest absolute Gasteiger partial charge is 0.222 e. The molecule has 3 unspecified atom stereocenters. The van der Waals surface area contributed by atoms with Crippen LogP contribution in [0.3, 0.4) is 0 Å². The second-order valence-corrected chi connectivity index (χ2v) is 8.49. The molecule has 3 atom stereocenters. The molecule has 0 radical (unpaired) electrons. The highest BCUT2D eigenvalue weighted by molar-refractivity contribution is 5.78. The van der Waals surface area contributed by atoms with E-state index in [-0.39, 0.29) is 30.7 Å².